The third-order valence-electron chi connectivity index (χ3n) is 2.20. The van der Waals surface area contributed by atoms with Crippen LogP contribution in [0.25, 0.3) is 0 Å². The number of halogens is 1. The summed E-state index contributed by atoms with van der Waals surface area (Å²) in [7, 11) is -2.53. The molecule has 0 aliphatic heterocycles. The van der Waals surface area contributed by atoms with Gasteiger partial charge in [0.25, 0.3) is 0 Å². The van der Waals surface area contributed by atoms with Gasteiger partial charge in [0.2, 0.25) is 10.0 Å². The van der Waals surface area contributed by atoms with Crippen LogP contribution in [0.5, 0.6) is 0 Å². The van der Waals surface area contributed by atoms with Crippen LogP contribution in [-0.4, -0.2) is 43.9 Å². The number of nitrogens with zero attached hydrogens (tertiary/aromatic N) is 2. The second kappa shape index (κ2) is 6.26. The third kappa shape index (κ3) is 3.50. The molecular weight excluding hydrogens is 324 g/mol. The number of sulfonamides is 1. The summed E-state index contributed by atoms with van der Waals surface area (Å²) >= 11 is 3.15. The van der Waals surface area contributed by atoms with Crippen LogP contribution in [0, 0.1) is 0 Å². The number of esters is 1. The molecule has 1 aromatic rings. The molecule has 100 valence electrons. The lowest BCUT2D eigenvalue weighted by molar-refractivity contribution is -0.140. The fraction of sp³-hybridized carbons (Fsp3) is 0.400. The second-order valence-electron chi connectivity index (χ2n) is 3.35. The van der Waals surface area contributed by atoms with E-state index in [0.717, 1.165) is 4.31 Å². The predicted octanol–water partition coefficient (Wildman–Crippen LogP) is 1.03. The van der Waals surface area contributed by atoms with Crippen LogP contribution >= 0.6 is 15.9 Å². The lowest BCUT2D eigenvalue weighted by atomic mass is 10.5. The molecule has 0 saturated heterocycles. The maximum atomic E-state index is 12.2. The number of pyridine rings is 1. The number of likely N-dealkylation sites (N-methyl/N-ethyl adjacent to an activating group) is 1. The van der Waals surface area contributed by atoms with Crippen LogP contribution in [0.15, 0.2) is 27.8 Å². The number of methoxy groups -OCH3 is 1. The quantitative estimate of drug-likeness (QED) is 0.750. The molecule has 0 unspecified atom stereocenters. The zero-order valence-electron chi connectivity index (χ0n) is 9.96. The first-order chi connectivity index (χ1) is 8.41. The van der Waals surface area contributed by atoms with E-state index in [9.17, 15) is 13.2 Å². The Morgan fingerprint density at radius 2 is 2.17 bits per heavy atom. The molecule has 18 heavy (non-hydrogen) atoms. The maximum absolute atomic E-state index is 12.2. The summed E-state index contributed by atoms with van der Waals surface area (Å²) in [5.41, 5.74) is 0. The molecule has 8 heteroatoms. The van der Waals surface area contributed by atoms with Gasteiger partial charge in [0.15, 0.2) is 0 Å². The number of hydrogen-bond acceptors (Lipinski definition) is 5. The molecule has 0 saturated carbocycles. The highest BCUT2D eigenvalue weighted by molar-refractivity contribution is 9.10. The molecule has 0 bridgehead atoms. The molecule has 0 radical (unpaired) electrons. The van der Waals surface area contributed by atoms with E-state index in [1.54, 1.807) is 6.92 Å². The van der Waals surface area contributed by atoms with Crippen LogP contribution in [0.1, 0.15) is 6.92 Å². The summed E-state index contributed by atoms with van der Waals surface area (Å²) in [4.78, 5) is 15.0. The van der Waals surface area contributed by atoms with Gasteiger partial charge in [-0.2, -0.15) is 4.31 Å². The Balaban J connectivity index is 3.07. The van der Waals surface area contributed by atoms with Gasteiger partial charge >= 0.3 is 5.97 Å². The summed E-state index contributed by atoms with van der Waals surface area (Å²) in [6.07, 6.45) is 2.72. The molecule has 1 rings (SSSR count). The van der Waals surface area contributed by atoms with E-state index in [2.05, 4.69) is 25.7 Å². The lowest BCUT2D eigenvalue weighted by Gasteiger charge is -2.18. The van der Waals surface area contributed by atoms with E-state index in [0.29, 0.717) is 4.47 Å². The normalized spacial score (nSPS) is 11.6. The molecule has 0 aliphatic rings. The number of ether oxygens (including phenoxy) is 1. The van der Waals surface area contributed by atoms with Gasteiger partial charge in [-0.25, -0.2) is 8.42 Å². The Labute approximate surface area is 114 Å². The van der Waals surface area contributed by atoms with Crippen molar-refractivity contribution in [1.29, 1.82) is 0 Å². The van der Waals surface area contributed by atoms with Crippen molar-refractivity contribution >= 4 is 31.9 Å². The Kier molecular flexibility index (Phi) is 5.24. The van der Waals surface area contributed by atoms with Crippen molar-refractivity contribution in [3.63, 3.8) is 0 Å². The van der Waals surface area contributed by atoms with Gasteiger partial charge in [-0.1, -0.05) is 6.92 Å². The van der Waals surface area contributed by atoms with Crippen molar-refractivity contribution in [2.24, 2.45) is 0 Å². The molecule has 6 nitrogen and oxygen atoms in total. The first kappa shape index (κ1) is 15.1. The Morgan fingerprint density at radius 3 is 2.67 bits per heavy atom. The summed E-state index contributed by atoms with van der Waals surface area (Å²) in [6, 6.07) is 1.43. The van der Waals surface area contributed by atoms with Gasteiger partial charge in [-0.15, -0.1) is 0 Å². The second-order valence-corrected chi connectivity index (χ2v) is 6.20. The minimum atomic E-state index is -3.74. The monoisotopic (exact) mass is 336 g/mol. The molecule has 0 fully saturated rings. The number of carbonyl (C=O) groups is 1. The topological polar surface area (TPSA) is 76.6 Å². The van der Waals surface area contributed by atoms with Crippen molar-refractivity contribution in [2.45, 2.75) is 11.8 Å². The molecule has 0 atom stereocenters. The highest BCUT2D eigenvalue weighted by atomic mass is 79.9. The average molecular weight is 337 g/mol. The highest BCUT2D eigenvalue weighted by Crippen LogP contribution is 2.18. The van der Waals surface area contributed by atoms with Crippen LogP contribution in [0.4, 0.5) is 0 Å². The first-order valence-electron chi connectivity index (χ1n) is 5.09. The standard InChI is InChI=1S/C10H13BrN2O4S/c1-3-13(7-10(14)17-2)18(15,16)9-4-8(11)5-12-6-9/h4-6H,3,7H2,1-2H3. The minimum absolute atomic E-state index is 0.0302. The largest absolute Gasteiger partial charge is 0.468 e. The smallest absolute Gasteiger partial charge is 0.321 e. The van der Waals surface area contributed by atoms with E-state index < -0.39 is 16.0 Å². The summed E-state index contributed by atoms with van der Waals surface area (Å²) in [5, 5.41) is 0. The van der Waals surface area contributed by atoms with E-state index in [1.165, 1.54) is 25.6 Å². The van der Waals surface area contributed by atoms with Crippen LogP contribution in [-0.2, 0) is 19.6 Å². The van der Waals surface area contributed by atoms with E-state index in [-0.39, 0.29) is 18.0 Å². The predicted molar refractivity (Wildman–Crippen MR) is 68.4 cm³/mol. The van der Waals surface area contributed by atoms with E-state index in [4.69, 9.17) is 0 Å². The summed E-state index contributed by atoms with van der Waals surface area (Å²) in [6.45, 7) is 1.50. The van der Waals surface area contributed by atoms with E-state index >= 15 is 0 Å². The third-order valence-corrected chi connectivity index (χ3v) is 4.52. The molecule has 0 amide bonds. The van der Waals surface area contributed by atoms with Crippen LogP contribution < -0.4 is 0 Å². The SMILES string of the molecule is CCN(CC(=O)OC)S(=O)(=O)c1cncc(Br)c1. The van der Waals surface area contributed by atoms with Gasteiger partial charge in [0, 0.05) is 23.4 Å². The molecule has 0 N–H and O–H groups in total. The Bertz CT molecular complexity index is 532. The fourth-order valence-corrected chi connectivity index (χ4v) is 3.16. The van der Waals surface area contributed by atoms with Crippen molar-refractivity contribution in [1.82, 2.24) is 9.29 Å². The van der Waals surface area contributed by atoms with Gasteiger partial charge in [-0.3, -0.25) is 9.78 Å². The molecule has 1 heterocycles. The first-order valence-corrected chi connectivity index (χ1v) is 7.32. The van der Waals surface area contributed by atoms with Crippen LogP contribution in [0.2, 0.25) is 0 Å². The summed E-state index contributed by atoms with van der Waals surface area (Å²) in [5.74, 6) is -0.608. The Morgan fingerprint density at radius 1 is 1.50 bits per heavy atom. The summed E-state index contributed by atoms with van der Waals surface area (Å²) < 4.78 is 30.5. The van der Waals surface area contributed by atoms with E-state index in [1.807, 2.05) is 0 Å². The lowest BCUT2D eigenvalue weighted by Crippen LogP contribution is -2.36. The Hall–Kier alpha value is -0.990. The zero-order valence-corrected chi connectivity index (χ0v) is 12.4. The van der Waals surface area contributed by atoms with Gasteiger partial charge in [0.1, 0.15) is 11.4 Å². The average Bonchev–Trinajstić information content (AvgIpc) is 2.35. The molecule has 0 spiro atoms. The number of hydrogen-bond donors (Lipinski definition) is 0. The number of carbonyl (C=O) groups excluding carboxylic acids is 1. The molecule has 1 aromatic heterocycles. The van der Waals surface area contributed by atoms with Crippen molar-refractivity contribution in [2.75, 3.05) is 20.2 Å². The molecule has 0 aromatic carbocycles. The number of rotatable bonds is 5. The number of aromatic nitrogens is 1. The van der Waals surface area contributed by atoms with Gasteiger partial charge < -0.3 is 4.74 Å². The van der Waals surface area contributed by atoms with Gasteiger partial charge in [-0.05, 0) is 22.0 Å². The van der Waals surface area contributed by atoms with Crippen molar-refractivity contribution in [3.05, 3.63) is 22.9 Å². The van der Waals surface area contributed by atoms with Gasteiger partial charge in [0.05, 0.1) is 7.11 Å². The molecule has 0 aliphatic carbocycles. The highest BCUT2D eigenvalue weighted by Gasteiger charge is 2.26. The zero-order chi connectivity index (χ0) is 13.8. The van der Waals surface area contributed by atoms with Crippen molar-refractivity contribution in [3.8, 4) is 0 Å². The maximum Gasteiger partial charge on any atom is 0.321 e. The molecular formula is C10H13BrN2O4S. The van der Waals surface area contributed by atoms with Crippen molar-refractivity contribution < 1.29 is 17.9 Å². The fourth-order valence-electron chi connectivity index (χ4n) is 1.26. The van der Waals surface area contributed by atoms with Crippen LogP contribution in [0.3, 0.4) is 0 Å². The minimum Gasteiger partial charge on any atom is -0.468 e.